The Morgan fingerprint density at radius 2 is 2.22 bits per heavy atom. The van der Waals surface area contributed by atoms with E-state index in [2.05, 4.69) is 10.3 Å². The molecule has 1 aromatic rings. The molecule has 2 aliphatic heterocycles. The first-order valence-electron chi connectivity index (χ1n) is 7.21. The van der Waals surface area contributed by atoms with Gasteiger partial charge in [0.2, 0.25) is 15.9 Å². The van der Waals surface area contributed by atoms with E-state index in [0.717, 1.165) is 17.6 Å². The largest absolute Gasteiger partial charge is 0.367 e. The predicted molar refractivity (Wildman–Crippen MR) is 83.9 cm³/mol. The summed E-state index contributed by atoms with van der Waals surface area (Å²) in [6.07, 6.45) is 2.42. The van der Waals surface area contributed by atoms with Gasteiger partial charge in [-0.25, -0.2) is 17.7 Å². The zero-order chi connectivity index (χ0) is 16.6. The molecule has 0 aromatic carbocycles. The Morgan fingerprint density at radius 1 is 1.43 bits per heavy atom. The quantitative estimate of drug-likeness (QED) is 0.841. The molecule has 3 rings (SSSR count). The molecule has 1 saturated heterocycles. The highest BCUT2D eigenvalue weighted by atomic mass is 32.2. The van der Waals surface area contributed by atoms with Crippen molar-refractivity contribution in [2.24, 2.45) is 5.92 Å². The first-order valence-corrected chi connectivity index (χ1v) is 9.87. The average Bonchev–Trinajstić information content (AvgIpc) is 2.90. The van der Waals surface area contributed by atoms with Crippen LogP contribution < -0.4 is 5.32 Å². The van der Waals surface area contributed by atoms with Gasteiger partial charge in [0.1, 0.15) is 11.5 Å². The molecule has 1 atom stereocenters. The number of aromatic nitrogens is 1. The summed E-state index contributed by atoms with van der Waals surface area (Å²) in [6.45, 7) is 0.922. The van der Waals surface area contributed by atoms with Crippen LogP contribution in [0.1, 0.15) is 28.2 Å². The summed E-state index contributed by atoms with van der Waals surface area (Å²) in [7, 11) is -3.30. The summed E-state index contributed by atoms with van der Waals surface area (Å²) < 4.78 is 29.7. The minimum atomic E-state index is -3.30. The van der Waals surface area contributed by atoms with Crippen molar-refractivity contribution >= 4 is 38.2 Å². The fourth-order valence-corrected chi connectivity index (χ4v) is 4.50. The molecule has 0 bridgehead atoms. The molecule has 0 radical (unpaired) electrons. The maximum Gasteiger partial charge on any atom is 0.230 e. The second-order valence-electron chi connectivity index (χ2n) is 5.66. The summed E-state index contributed by atoms with van der Waals surface area (Å²) in [4.78, 5) is 28.8. The Hall–Kier alpha value is -1.36. The monoisotopic (exact) mass is 359 g/mol. The SMILES string of the molecule is CS(=O)(=O)N1CCC[C@H](C(=O)Nc2nc3c(s2)C(=O)COC3)C1. The van der Waals surface area contributed by atoms with Gasteiger partial charge in [-0.05, 0) is 12.8 Å². The number of sulfonamides is 1. The Morgan fingerprint density at radius 3 is 2.91 bits per heavy atom. The number of rotatable bonds is 3. The van der Waals surface area contributed by atoms with E-state index in [-0.39, 0.29) is 31.4 Å². The van der Waals surface area contributed by atoms with Gasteiger partial charge in [0.05, 0.1) is 24.5 Å². The lowest BCUT2D eigenvalue weighted by atomic mass is 9.99. The lowest BCUT2D eigenvalue weighted by Crippen LogP contribution is -2.43. The minimum absolute atomic E-state index is 0.0362. The summed E-state index contributed by atoms with van der Waals surface area (Å²) in [5.74, 6) is -0.811. The molecular formula is C13H17N3O5S2. The molecule has 23 heavy (non-hydrogen) atoms. The van der Waals surface area contributed by atoms with E-state index in [1.165, 1.54) is 4.31 Å². The van der Waals surface area contributed by atoms with Crippen LogP contribution in [0.3, 0.4) is 0 Å². The van der Waals surface area contributed by atoms with Crippen LogP contribution in [0, 0.1) is 5.92 Å². The number of thiazole rings is 1. The number of ether oxygens (including phenoxy) is 1. The fourth-order valence-electron chi connectivity index (χ4n) is 2.69. The summed E-state index contributed by atoms with van der Waals surface area (Å²) >= 11 is 1.14. The maximum atomic E-state index is 12.4. The second-order valence-corrected chi connectivity index (χ2v) is 8.64. The van der Waals surface area contributed by atoms with Crippen molar-refractivity contribution in [1.29, 1.82) is 0 Å². The van der Waals surface area contributed by atoms with Crippen molar-refractivity contribution in [3.63, 3.8) is 0 Å². The highest BCUT2D eigenvalue weighted by Gasteiger charge is 2.31. The molecule has 10 heteroatoms. The number of hydrogen-bond acceptors (Lipinski definition) is 7. The van der Waals surface area contributed by atoms with Gasteiger partial charge < -0.3 is 10.1 Å². The van der Waals surface area contributed by atoms with Crippen LogP contribution in [0.4, 0.5) is 5.13 Å². The van der Waals surface area contributed by atoms with E-state index in [9.17, 15) is 18.0 Å². The van der Waals surface area contributed by atoms with Crippen LogP contribution in [0.5, 0.6) is 0 Å². The second kappa shape index (κ2) is 6.27. The summed E-state index contributed by atoms with van der Waals surface area (Å²) in [5.41, 5.74) is 0.544. The van der Waals surface area contributed by atoms with E-state index >= 15 is 0 Å². The maximum absolute atomic E-state index is 12.4. The molecule has 1 amide bonds. The third-order valence-electron chi connectivity index (χ3n) is 3.88. The van der Waals surface area contributed by atoms with Gasteiger partial charge in [0.15, 0.2) is 10.9 Å². The van der Waals surface area contributed by atoms with Crippen LogP contribution in [-0.2, 0) is 26.2 Å². The molecule has 3 heterocycles. The van der Waals surface area contributed by atoms with E-state index < -0.39 is 15.9 Å². The molecule has 0 unspecified atom stereocenters. The van der Waals surface area contributed by atoms with E-state index in [4.69, 9.17) is 4.74 Å². The van der Waals surface area contributed by atoms with Crippen molar-refractivity contribution in [2.45, 2.75) is 19.4 Å². The summed E-state index contributed by atoms with van der Waals surface area (Å²) in [6, 6.07) is 0. The van der Waals surface area contributed by atoms with Gasteiger partial charge in [-0.15, -0.1) is 0 Å². The molecule has 1 fully saturated rings. The number of nitrogens with zero attached hydrogens (tertiary/aromatic N) is 2. The normalized spacial score (nSPS) is 22.7. The third-order valence-corrected chi connectivity index (χ3v) is 6.20. The number of carbonyl (C=O) groups excluding carboxylic acids is 2. The van der Waals surface area contributed by atoms with Gasteiger partial charge in [0.25, 0.3) is 0 Å². The fraction of sp³-hybridized carbons (Fsp3) is 0.615. The molecular weight excluding hydrogens is 342 g/mol. The Bertz CT molecular complexity index is 743. The van der Waals surface area contributed by atoms with Crippen LogP contribution >= 0.6 is 11.3 Å². The van der Waals surface area contributed by atoms with Crippen LogP contribution in [0.25, 0.3) is 0 Å². The molecule has 126 valence electrons. The molecule has 0 saturated carbocycles. The number of Topliss-reactive ketones (excluding diaryl/α,β-unsaturated/α-hetero) is 1. The van der Waals surface area contributed by atoms with Gasteiger partial charge in [-0.1, -0.05) is 11.3 Å². The zero-order valence-corrected chi connectivity index (χ0v) is 14.2. The van der Waals surface area contributed by atoms with E-state index in [0.29, 0.717) is 35.1 Å². The van der Waals surface area contributed by atoms with Crippen molar-refractivity contribution in [3.05, 3.63) is 10.6 Å². The number of carbonyl (C=O) groups is 2. The van der Waals surface area contributed by atoms with Crippen molar-refractivity contribution in [3.8, 4) is 0 Å². The number of ketones is 1. The topological polar surface area (TPSA) is 106 Å². The van der Waals surface area contributed by atoms with E-state index in [1.807, 2.05) is 0 Å². The Balaban J connectivity index is 1.68. The number of fused-ring (bicyclic) bond motifs is 1. The Kier molecular flexibility index (Phi) is 4.50. The molecule has 0 spiro atoms. The van der Waals surface area contributed by atoms with Gasteiger partial charge >= 0.3 is 0 Å². The first kappa shape index (κ1) is 16.5. The molecule has 1 N–H and O–H groups in total. The first-order chi connectivity index (χ1) is 10.8. The number of anilines is 1. The number of piperidine rings is 1. The lowest BCUT2D eigenvalue weighted by molar-refractivity contribution is -0.120. The number of nitrogens with one attached hydrogen (secondary N) is 1. The van der Waals surface area contributed by atoms with Gasteiger partial charge in [0, 0.05) is 13.1 Å². The molecule has 2 aliphatic rings. The van der Waals surface area contributed by atoms with E-state index in [1.54, 1.807) is 0 Å². The minimum Gasteiger partial charge on any atom is -0.367 e. The number of amides is 1. The average molecular weight is 359 g/mol. The predicted octanol–water partition coefficient (Wildman–Crippen LogP) is 0.466. The number of hydrogen-bond donors (Lipinski definition) is 1. The van der Waals surface area contributed by atoms with Crippen molar-refractivity contribution in [2.75, 3.05) is 31.3 Å². The highest BCUT2D eigenvalue weighted by Crippen LogP contribution is 2.28. The van der Waals surface area contributed by atoms with Crippen LogP contribution in [-0.4, -0.2) is 55.3 Å². The molecule has 0 aliphatic carbocycles. The van der Waals surface area contributed by atoms with Gasteiger partial charge in [-0.2, -0.15) is 0 Å². The Labute approximate surface area is 137 Å². The van der Waals surface area contributed by atoms with Crippen LogP contribution in [0.15, 0.2) is 0 Å². The standard InChI is InChI=1S/C13H17N3O5S2/c1-23(19,20)16-4-2-3-8(5-16)12(18)15-13-14-9-6-21-7-10(17)11(9)22-13/h8H,2-7H2,1H3,(H,14,15,18)/t8-/m0/s1. The smallest absolute Gasteiger partial charge is 0.230 e. The van der Waals surface area contributed by atoms with Crippen LogP contribution in [0.2, 0.25) is 0 Å². The summed E-state index contributed by atoms with van der Waals surface area (Å²) in [5, 5.41) is 3.06. The highest BCUT2D eigenvalue weighted by molar-refractivity contribution is 7.88. The molecule has 8 nitrogen and oxygen atoms in total. The molecule has 1 aromatic heterocycles. The zero-order valence-electron chi connectivity index (χ0n) is 12.6. The third kappa shape index (κ3) is 3.60. The lowest BCUT2D eigenvalue weighted by Gasteiger charge is -2.29. The van der Waals surface area contributed by atoms with Gasteiger partial charge in [-0.3, -0.25) is 9.59 Å². The van der Waals surface area contributed by atoms with Crippen molar-refractivity contribution < 1.29 is 22.7 Å². The van der Waals surface area contributed by atoms with Crippen molar-refractivity contribution in [1.82, 2.24) is 9.29 Å².